The molecule has 0 heterocycles. The van der Waals surface area contributed by atoms with E-state index in [9.17, 15) is 5.11 Å². The van der Waals surface area contributed by atoms with E-state index in [2.05, 4.69) is 42.5 Å². The minimum atomic E-state index is 0.337. The number of rotatable bonds is 6. The summed E-state index contributed by atoms with van der Waals surface area (Å²) in [6.45, 7) is 0. The first kappa shape index (κ1) is 19.2. The van der Waals surface area contributed by atoms with Crippen LogP contribution in [0.3, 0.4) is 0 Å². The van der Waals surface area contributed by atoms with Gasteiger partial charge in [0.05, 0.1) is 0 Å². The maximum Gasteiger partial charge on any atom is 0.127 e. The second-order valence-electron chi connectivity index (χ2n) is 6.75. The molecule has 144 valence electrons. The van der Waals surface area contributed by atoms with Crippen molar-refractivity contribution in [1.29, 1.82) is 0 Å². The predicted molar refractivity (Wildman–Crippen MR) is 119 cm³/mol. The second-order valence-corrected chi connectivity index (χ2v) is 7.90. The number of allylic oxidation sites excluding steroid dienone is 5. The van der Waals surface area contributed by atoms with Crippen LogP contribution in [0.4, 0.5) is 0 Å². The first-order valence-electron chi connectivity index (χ1n) is 9.61. The van der Waals surface area contributed by atoms with E-state index in [0.717, 1.165) is 29.1 Å². The van der Waals surface area contributed by atoms with Gasteiger partial charge >= 0.3 is 0 Å². The Bertz CT molecular complexity index is 1050. The maximum absolute atomic E-state index is 9.98. The number of hydrogen-bond acceptors (Lipinski definition) is 3. The molecule has 4 rings (SSSR count). The summed E-state index contributed by atoms with van der Waals surface area (Å²) in [6, 6.07) is 26.0. The molecule has 0 unspecified atom stereocenters. The fourth-order valence-corrected chi connectivity index (χ4v) is 3.91. The molecule has 0 amide bonds. The van der Waals surface area contributed by atoms with Crippen molar-refractivity contribution < 1.29 is 9.84 Å². The van der Waals surface area contributed by atoms with E-state index < -0.39 is 0 Å². The number of phenols is 1. The maximum atomic E-state index is 9.98. The summed E-state index contributed by atoms with van der Waals surface area (Å²) in [5, 5.41) is 9.98. The van der Waals surface area contributed by atoms with Gasteiger partial charge in [0.1, 0.15) is 17.3 Å². The summed E-state index contributed by atoms with van der Waals surface area (Å²) < 4.78 is 6.05. The van der Waals surface area contributed by atoms with E-state index in [-0.39, 0.29) is 0 Å². The van der Waals surface area contributed by atoms with Crippen LogP contribution in [0.5, 0.6) is 11.5 Å². The van der Waals surface area contributed by atoms with Crippen LogP contribution in [0.15, 0.2) is 124 Å². The van der Waals surface area contributed by atoms with E-state index in [0.29, 0.717) is 12.2 Å². The zero-order chi connectivity index (χ0) is 19.9. The lowest BCUT2D eigenvalue weighted by atomic mass is 10.0. The topological polar surface area (TPSA) is 29.5 Å². The van der Waals surface area contributed by atoms with Gasteiger partial charge in [-0.15, -0.1) is 0 Å². The van der Waals surface area contributed by atoms with Crippen molar-refractivity contribution in [3.63, 3.8) is 0 Å². The van der Waals surface area contributed by atoms with Crippen LogP contribution >= 0.6 is 11.8 Å². The van der Waals surface area contributed by atoms with E-state index in [1.807, 2.05) is 54.6 Å². The van der Waals surface area contributed by atoms with E-state index >= 15 is 0 Å². The fraction of sp³-hybridized carbons (Fsp3) is 0.0769. The first-order valence-corrected chi connectivity index (χ1v) is 10.4. The third-order valence-electron chi connectivity index (χ3n) is 4.59. The van der Waals surface area contributed by atoms with Gasteiger partial charge in [0, 0.05) is 16.2 Å². The van der Waals surface area contributed by atoms with Gasteiger partial charge in [-0.25, -0.2) is 0 Å². The number of para-hydroxylation sites is 1. The van der Waals surface area contributed by atoms with Gasteiger partial charge in [0.15, 0.2) is 0 Å². The first-order chi connectivity index (χ1) is 14.3. The summed E-state index contributed by atoms with van der Waals surface area (Å²) >= 11 is 1.74. The van der Waals surface area contributed by atoms with Gasteiger partial charge in [-0.05, 0) is 72.2 Å². The molecule has 1 N–H and O–H groups in total. The van der Waals surface area contributed by atoms with Gasteiger partial charge in [-0.2, -0.15) is 0 Å². The minimum absolute atomic E-state index is 0.337. The molecule has 2 nitrogen and oxygen atoms in total. The number of benzene rings is 3. The highest BCUT2D eigenvalue weighted by molar-refractivity contribution is 7.99. The van der Waals surface area contributed by atoms with Crippen LogP contribution in [0, 0.1) is 0 Å². The Kier molecular flexibility index (Phi) is 6.18. The molecule has 3 aromatic carbocycles. The zero-order valence-electron chi connectivity index (χ0n) is 16.0. The predicted octanol–water partition coefficient (Wildman–Crippen LogP) is 6.94. The lowest BCUT2D eigenvalue weighted by molar-refractivity contribution is 0.442. The number of phenolic OH excluding ortho intramolecular Hbond substituents is 1. The highest BCUT2D eigenvalue weighted by Crippen LogP contribution is 2.29. The number of ether oxygens (including phenoxy) is 1. The van der Waals surface area contributed by atoms with Crippen molar-refractivity contribution >= 4 is 11.8 Å². The molecule has 0 fully saturated rings. The average Bonchev–Trinajstić information content (AvgIpc) is 2.97. The minimum Gasteiger partial charge on any atom is -0.508 e. The normalized spacial score (nSPS) is 13.4. The summed E-state index contributed by atoms with van der Waals surface area (Å²) in [6.07, 6.45) is 9.79. The molecule has 0 atom stereocenters. The van der Waals surface area contributed by atoms with Crippen LogP contribution < -0.4 is 4.74 Å². The SMILES string of the molecule is Oc1ccccc1CC1=CCC=C(Oc2ccc(Sc3ccccc3)cc2)C=C1. The third-order valence-corrected chi connectivity index (χ3v) is 5.60. The van der Waals surface area contributed by atoms with Crippen molar-refractivity contribution in [2.45, 2.75) is 22.6 Å². The fourth-order valence-electron chi connectivity index (χ4n) is 3.08. The summed E-state index contributed by atoms with van der Waals surface area (Å²) in [7, 11) is 0. The quantitative estimate of drug-likeness (QED) is 0.488. The van der Waals surface area contributed by atoms with E-state index in [4.69, 9.17) is 4.74 Å². The zero-order valence-corrected chi connectivity index (χ0v) is 16.8. The molecule has 1 aliphatic carbocycles. The van der Waals surface area contributed by atoms with Crippen LogP contribution in [0.25, 0.3) is 0 Å². The van der Waals surface area contributed by atoms with Crippen LogP contribution in [0.2, 0.25) is 0 Å². The van der Waals surface area contributed by atoms with Gasteiger partial charge in [0.25, 0.3) is 0 Å². The van der Waals surface area contributed by atoms with Crippen molar-refractivity contribution in [3.8, 4) is 11.5 Å². The van der Waals surface area contributed by atoms with Gasteiger partial charge in [-0.1, -0.05) is 60.3 Å². The molecule has 3 aromatic rings. The van der Waals surface area contributed by atoms with Gasteiger partial charge < -0.3 is 9.84 Å². The largest absolute Gasteiger partial charge is 0.508 e. The number of aromatic hydroxyl groups is 1. The standard InChI is InChI=1S/C26H22O2S/c27-26-12-5-4-8-21(26)19-20-7-6-9-22(14-13-20)28-23-15-17-25(18-16-23)29-24-10-2-1-3-11-24/h1-5,7-18,27H,6,19H2. The summed E-state index contributed by atoms with van der Waals surface area (Å²) in [5.41, 5.74) is 2.09. The molecule has 0 saturated heterocycles. The Morgan fingerprint density at radius 2 is 1.48 bits per heavy atom. The summed E-state index contributed by atoms with van der Waals surface area (Å²) in [5.74, 6) is 1.99. The molecule has 29 heavy (non-hydrogen) atoms. The molecule has 3 heteroatoms. The van der Waals surface area contributed by atoms with E-state index in [1.54, 1.807) is 17.8 Å². The van der Waals surface area contributed by atoms with Crippen molar-refractivity contribution in [2.24, 2.45) is 0 Å². The number of hydrogen-bond donors (Lipinski definition) is 1. The lowest BCUT2D eigenvalue weighted by Crippen LogP contribution is -1.92. The molecule has 0 spiro atoms. The molecule has 0 aromatic heterocycles. The van der Waals surface area contributed by atoms with Crippen LogP contribution in [-0.2, 0) is 6.42 Å². The molecular weight excluding hydrogens is 376 g/mol. The van der Waals surface area contributed by atoms with Crippen molar-refractivity contribution in [2.75, 3.05) is 0 Å². The Hall–Kier alpha value is -3.17. The van der Waals surface area contributed by atoms with Gasteiger partial charge in [-0.3, -0.25) is 0 Å². The lowest BCUT2D eigenvalue weighted by Gasteiger charge is -2.07. The second kappa shape index (κ2) is 9.35. The molecule has 0 saturated carbocycles. The molecule has 1 aliphatic rings. The molecule has 0 radical (unpaired) electrons. The highest BCUT2D eigenvalue weighted by Gasteiger charge is 2.06. The highest BCUT2D eigenvalue weighted by atomic mass is 32.2. The molecule has 0 aliphatic heterocycles. The third kappa shape index (κ3) is 5.43. The van der Waals surface area contributed by atoms with E-state index in [1.165, 1.54) is 9.79 Å². The Morgan fingerprint density at radius 1 is 0.759 bits per heavy atom. The monoisotopic (exact) mass is 398 g/mol. The Labute approximate surface area is 175 Å². The summed E-state index contributed by atoms with van der Waals surface area (Å²) in [4.78, 5) is 2.40. The molecule has 0 bridgehead atoms. The molecular formula is C26H22O2S. The van der Waals surface area contributed by atoms with Gasteiger partial charge in [0.2, 0.25) is 0 Å². The van der Waals surface area contributed by atoms with Crippen molar-refractivity contribution in [3.05, 3.63) is 120 Å². The van der Waals surface area contributed by atoms with Crippen LogP contribution in [0.1, 0.15) is 12.0 Å². The smallest absolute Gasteiger partial charge is 0.127 e. The van der Waals surface area contributed by atoms with Crippen LogP contribution in [-0.4, -0.2) is 5.11 Å². The Morgan fingerprint density at radius 3 is 2.28 bits per heavy atom. The average molecular weight is 399 g/mol. The van der Waals surface area contributed by atoms with Crippen molar-refractivity contribution in [1.82, 2.24) is 0 Å². The Balaban J connectivity index is 1.36.